The minimum atomic E-state index is -0.948. The van der Waals surface area contributed by atoms with Crippen LogP contribution in [0.2, 0.25) is 0 Å². The largest absolute Gasteiger partial charge is 0.468 e. The van der Waals surface area contributed by atoms with Gasteiger partial charge < -0.3 is 4.74 Å². The maximum absolute atomic E-state index is 11.8. The molecule has 0 aliphatic carbocycles. The second-order valence-corrected chi connectivity index (χ2v) is 5.77. The van der Waals surface area contributed by atoms with Crippen molar-refractivity contribution >= 4 is 40.1 Å². The molecule has 1 aromatic carbocycles. The predicted octanol–water partition coefficient (Wildman–Crippen LogP) is 2.11. The maximum Gasteiger partial charge on any atom is 0.326 e. The first-order chi connectivity index (χ1) is 10.6. The van der Waals surface area contributed by atoms with Crippen molar-refractivity contribution < 1.29 is 14.3 Å². The number of aromatic nitrogens is 3. The third-order valence-electron chi connectivity index (χ3n) is 3.26. The van der Waals surface area contributed by atoms with E-state index in [1.54, 1.807) is 0 Å². The Bertz CT molecular complexity index is 875. The Balaban J connectivity index is 2.13. The van der Waals surface area contributed by atoms with Gasteiger partial charge >= 0.3 is 5.97 Å². The fourth-order valence-corrected chi connectivity index (χ4v) is 3.15. The molecule has 2 heterocycles. The van der Waals surface area contributed by atoms with Crippen molar-refractivity contribution in [2.75, 3.05) is 7.11 Å². The van der Waals surface area contributed by atoms with Crippen molar-refractivity contribution in [3.8, 4) is 0 Å². The normalized spacial score (nSPS) is 12.5. The Morgan fingerprint density at radius 3 is 2.68 bits per heavy atom. The lowest BCUT2D eigenvalue weighted by Gasteiger charge is -2.10. The van der Waals surface area contributed by atoms with Crippen molar-refractivity contribution in [2.45, 2.75) is 17.3 Å². The Kier molecular flexibility index (Phi) is 3.81. The van der Waals surface area contributed by atoms with Crippen LogP contribution in [0.15, 0.2) is 41.6 Å². The number of esters is 1. The molecular weight excluding hydrogens is 302 g/mol. The van der Waals surface area contributed by atoms with Gasteiger partial charge in [-0.3, -0.25) is 14.0 Å². The molecule has 0 saturated heterocycles. The van der Waals surface area contributed by atoms with Crippen LogP contribution in [-0.2, 0) is 14.3 Å². The number of pyridine rings is 1. The van der Waals surface area contributed by atoms with Crippen molar-refractivity contribution in [1.82, 2.24) is 14.6 Å². The number of para-hydroxylation sites is 1. The summed E-state index contributed by atoms with van der Waals surface area (Å²) in [7, 11) is 1.26. The number of ketones is 1. The Hall–Kier alpha value is -2.41. The first-order valence-electron chi connectivity index (χ1n) is 6.59. The van der Waals surface area contributed by atoms with E-state index >= 15 is 0 Å². The van der Waals surface area contributed by atoms with E-state index in [4.69, 9.17) is 0 Å². The molecule has 0 amide bonds. The minimum Gasteiger partial charge on any atom is -0.468 e. The molecule has 0 fully saturated rings. The van der Waals surface area contributed by atoms with Crippen LogP contribution in [0.1, 0.15) is 6.92 Å². The molecule has 22 heavy (non-hydrogen) atoms. The zero-order valence-electron chi connectivity index (χ0n) is 12.0. The van der Waals surface area contributed by atoms with Gasteiger partial charge in [-0.05, 0) is 30.5 Å². The standard InChI is InChI=1S/C15H13N3O3S/c1-9(19)13(14(20)21-2)22-15-17-16-12-8-7-10-5-3-4-6-11(10)18(12)15/h3-8,13H,1-2H3. The molecule has 0 N–H and O–H groups in total. The molecule has 2 aromatic heterocycles. The summed E-state index contributed by atoms with van der Waals surface area (Å²) < 4.78 is 6.52. The van der Waals surface area contributed by atoms with Crippen LogP contribution in [0.3, 0.4) is 0 Å². The van der Waals surface area contributed by atoms with Gasteiger partial charge in [0.25, 0.3) is 0 Å². The Labute approximate surface area is 130 Å². The molecule has 112 valence electrons. The Morgan fingerprint density at radius 2 is 1.95 bits per heavy atom. The summed E-state index contributed by atoms with van der Waals surface area (Å²) in [6.07, 6.45) is 0. The van der Waals surface area contributed by atoms with Crippen LogP contribution < -0.4 is 0 Å². The van der Waals surface area contributed by atoms with E-state index in [0.29, 0.717) is 10.8 Å². The number of methoxy groups -OCH3 is 1. The van der Waals surface area contributed by atoms with Crippen molar-refractivity contribution in [3.05, 3.63) is 36.4 Å². The lowest BCUT2D eigenvalue weighted by Crippen LogP contribution is -2.26. The van der Waals surface area contributed by atoms with Crippen LogP contribution in [0.25, 0.3) is 16.6 Å². The van der Waals surface area contributed by atoms with E-state index in [9.17, 15) is 9.59 Å². The van der Waals surface area contributed by atoms with Gasteiger partial charge in [-0.2, -0.15) is 0 Å². The molecule has 7 heteroatoms. The number of carbonyl (C=O) groups excluding carboxylic acids is 2. The summed E-state index contributed by atoms with van der Waals surface area (Å²) in [6, 6.07) is 11.6. The number of Topliss-reactive ketones (excluding diaryl/α,β-unsaturated/α-hetero) is 1. The van der Waals surface area contributed by atoms with Crippen LogP contribution in [-0.4, -0.2) is 38.7 Å². The average Bonchev–Trinajstić information content (AvgIpc) is 2.95. The number of ether oxygens (including phenoxy) is 1. The molecule has 0 aliphatic heterocycles. The van der Waals surface area contributed by atoms with E-state index < -0.39 is 11.2 Å². The summed E-state index contributed by atoms with van der Waals surface area (Å²) in [4.78, 5) is 23.4. The number of carbonyl (C=O) groups is 2. The molecule has 3 rings (SSSR count). The SMILES string of the molecule is COC(=O)C(Sc1nnc2ccc3ccccc3n12)C(C)=O. The fraction of sp³-hybridized carbons (Fsp3) is 0.200. The Morgan fingerprint density at radius 1 is 1.18 bits per heavy atom. The molecule has 0 spiro atoms. The number of benzene rings is 1. The summed E-state index contributed by atoms with van der Waals surface area (Å²) >= 11 is 1.05. The van der Waals surface area contributed by atoms with E-state index in [1.165, 1.54) is 14.0 Å². The highest BCUT2D eigenvalue weighted by Crippen LogP contribution is 2.27. The van der Waals surface area contributed by atoms with Gasteiger partial charge in [0.2, 0.25) is 0 Å². The summed E-state index contributed by atoms with van der Waals surface area (Å²) in [5, 5.41) is 8.75. The smallest absolute Gasteiger partial charge is 0.326 e. The fourth-order valence-electron chi connectivity index (χ4n) is 2.20. The predicted molar refractivity (Wildman–Crippen MR) is 82.8 cm³/mol. The maximum atomic E-state index is 11.8. The van der Waals surface area contributed by atoms with Crippen molar-refractivity contribution in [2.24, 2.45) is 0 Å². The van der Waals surface area contributed by atoms with Gasteiger partial charge in [0.15, 0.2) is 21.8 Å². The molecule has 3 aromatic rings. The van der Waals surface area contributed by atoms with Crippen LogP contribution in [0.4, 0.5) is 0 Å². The van der Waals surface area contributed by atoms with E-state index in [0.717, 1.165) is 22.7 Å². The molecule has 0 saturated carbocycles. The van der Waals surface area contributed by atoms with Gasteiger partial charge in [-0.25, -0.2) is 0 Å². The minimum absolute atomic E-state index is 0.283. The van der Waals surface area contributed by atoms with E-state index in [2.05, 4.69) is 14.9 Å². The molecule has 1 atom stereocenters. The average molecular weight is 315 g/mol. The van der Waals surface area contributed by atoms with Gasteiger partial charge in [-0.15, -0.1) is 10.2 Å². The molecule has 6 nitrogen and oxygen atoms in total. The lowest BCUT2D eigenvalue weighted by atomic mass is 10.2. The first kappa shape index (κ1) is 14.5. The summed E-state index contributed by atoms with van der Waals surface area (Å²) in [5.41, 5.74) is 1.58. The number of hydrogen-bond donors (Lipinski definition) is 0. The highest BCUT2D eigenvalue weighted by Gasteiger charge is 2.28. The quantitative estimate of drug-likeness (QED) is 0.417. The zero-order valence-corrected chi connectivity index (χ0v) is 12.8. The number of rotatable bonds is 4. The van der Waals surface area contributed by atoms with Crippen molar-refractivity contribution in [3.63, 3.8) is 0 Å². The van der Waals surface area contributed by atoms with Crippen LogP contribution in [0, 0.1) is 0 Å². The van der Waals surface area contributed by atoms with Gasteiger partial charge in [0.1, 0.15) is 0 Å². The second-order valence-electron chi connectivity index (χ2n) is 4.70. The van der Waals surface area contributed by atoms with Crippen LogP contribution >= 0.6 is 11.8 Å². The summed E-state index contributed by atoms with van der Waals surface area (Å²) in [6.45, 7) is 1.36. The first-order valence-corrected chi connectivity index (χ1v) is 7.47. The van der Waals surface area contributed by atoms with Gasteiger partial charge in [0.05, 0.1) is 12.6 Å². The monoisotopic (exact) mass is 315 g/mol. The molecule has 0 aliphatic rings. The molecule has 0 bridgehead atoms. The summed E-state index contributed by atoms with van der Waals surface area (Å²) in [5.74, 6) is -0.872. The lowest BCUT2D eigenvalue weighted by molar-refractivity contribution is -0.142. The molecular formula is C15H13N3O3S. The van der Waals surface area contributed by atoms with Gasteiger partial charge in [0, 0.05) is 0 Å². The number of fused-ring (bicyclic) bond motifs is 3. The van der Waals surface area contributed by atoms with Gasteiger partial charge in [-0.1, -0.05) is 30.0 Å². The topological polar surface area (TPSA) is 73.6 Å². The third kappa shape index (κ3) is 2.43. The van der Waals surface area contributed by atoms with Crippen molar-refractivity contribution in [1.29, 1.82) is 0 Å². The number of thioether (sulfide) groups is 1. The van der Waals surface area contributed by atoms with E-state index in [1.807, 2.05) is 40.8 Å². The molecule has 1 unspecified atom stereocenters. The third-order valence-corrected chi connectivity index (χ3v) is 4.49. The zero-order chi connectivity index (χ0) is 15.7. The van der Waals surface area contributed by atoms with E-state index in [-0.39, 0.29) is 5.78 Å². The van der Waals surface area contributed by atoms with Crippen LogP contribution in [0.5, 0.6) is 0 Å². The number of hydrogen-bond acceptors (Lipinski definition) is 6. The highest BCUT2D eigenvalue weighted by molar-refractivity contribution is 8.01. The highest BCUT2D eigenvalue weighted by atomic mass is 32.2. The molecule has 0 radical (unpaired) electrons. The number of nitrogens with zero attached hydrogens (tertiary/aromatic N) is 3. The second kappa shape index (κ2) is 5.76.